The molecule has 0 saturated heterocycles. The molecule has 1 aliphatic rings. The van der Waals surface area contributed by atoms with Crippen LogP contribution in [0.25, 0.3) is 5.57 Å². The second-order valence-electron chi connectivity index (χ2n) is 6.49. The molecular weight excluding hydrogens is 292 g/mol. The highest BCUT2D eigenvalue weighted by Crippen LogP contribution is 2.36. The Hall–Kier alpha value is -1.62. The zero-order valence-electron chi connectivity index (χ0n) is 14.2. The number of allylic oxidation sites excluding steroid dienone is 1. The third-order valence-electron chi connectivity index (χ3n) is 3.68. The van der Waals surface area contributed by atoms with E-state index in [1.54, 1.807) is 0 Å². The molecule has 1 aliphatic heterocycles. The summed E-state index contributed by atoms with van der Waals surface area (Å²) in [6.07, 6.45) is 0.585. The predicted octanol–water partition coefficient (Wildman–Crippen LogP) is 3.50. The van der Waals surface area contributed by atoms with Crippen LogP contribution in [0.1, 0.15) is 39.7 Å². The van der Waals surface area contributed by atoms with Crippen LogP contribution in [0.2, 0.25) is 0 Å². The SMILES string of the molecule is CC(C)=CCOc1ccc(C2=C(CC(C)C)C(O)OC2O)cc1. The summed E-state index contributed by atoms with van der Waals surface area (Å²) in [6.45, 7) is 8.74. The molecule has 0 amide bonds. The van der Waals surface area contributed by atoms with Crippen molar-refractivity contribution in [3.05, 3.63) is 47.1 Å². The van der Waals surface area contributed by atoms with Crippen molar-refractivity contribution in [2.24, 2.45) is 5.92 Å². The van der Waals surface area contributed by atoms with Gasteiger partial charge in [0.1, 0.15) is 12.4 Å². The first-order chi connectivity index (χ1) is 10.9. The lowest BCUT2D eigenvalue weighted by Crippen LogP contribution is -2.13. The molecule has 0 saturated carbocycles. The Morgan fingerprint density at radius 1 is 1.17 bits per heavy atom. The summed E-state index contributed by atoms with van der Waals surface area (Å²) in [4.78, 5) is 0. The topological polar surface area (TPSA) is 58.9 Å². The smallest absolute Gasteiger partial charge is 0.185 e. The van der Waals surface area contributed by atoms with Crippen LogP contribution in [-0.4, -0.2) is 29.4 Å². The molecule has 0 fully saturated rings. The molecule has 1 aromatic rings. The molecule has 0 aromatic heterocycles. The fourth-order valence-corrected chi connectivity index (χ4v) is 2.58. The number of hydrogen-bond donors (Lipinski definition) is 2. The lowest BCUT2D eigenvalue weighted by molar-refractivity contribution is -0.148. The maximum Gasteiger partial charge on any atom is 0.185 e. The van der Waals surface area contributed by atoms with Gasteiger partial charge in [-0.1, -0.05) is 31.6 Å². The Kier molecular flexibility index (Phi) is 5.99. The number of benzene rings is 1. The average molecular weight is 318 g/mol. The Bertz CT molecular complexity index is 580. The average Bonchev–Trinajstić information content (AvgIpc) is 2.73. The fourth-order valence-electron chi connectivity index (χ4n) is 2.58. The minimum Gasteiger partial charge on any atom is -0.490 e. The van der Waals surface area contributed by atoms with E-state index in [9.17, 15) is 10.2 Å². The second kappa shape index (κ2) is 7.77. The van der Waals surface area contributed by atoms with E-state index in [1.807, 2.05) is 44.2 Å². The van der Waals surface area contributed by atoms with Crippen LogP contribution in [0.4, 0.5) is 0 Å². The third-order valence-corrected chi connectivity index (χ3v) is 3.68. The van der Waals surface area contributed by atoms with Crippen LogP contribution >= 0.6 is 0 Å². The number of ether oxygens (including phenoxy) is 2. The lowest BCUT2D eigenvalue weighted by Gasteiger charge is -2.12. The van der Waals surface area contributed by atoms with Crippen molar-refractivity contribution < 1.29 is 19.7 Å². The summed E-state index contributed by atoms with van der Waals surface area (Å²) >= 11 is 0. The highest BCUT2D eigenvalue weighted by atomic mass is 16.7. The summed E-state index contributed by atoms with van der Waals surface area (Å²) in [5.74, 6) is 1.14. The van der Waals surface area contributed by atoms with Crippen molar-refractivity contribution in [2.75, 3.05) is 6.61 Å². The van der Waals surface area contributed by atoms with Gasteiger partial charge in [0, 0.05) is 5.57 Å². The number of aliphatic hydroxyl groups excluding tert-OH is 2. The van der Waals surface area contributed by atoms with Crippen LogP contribution in [0.15, 0.2) is 41.5 Å². The first-order valence-electron chi connectivity index (χ1n) is 7.99. The van der Waals surface area contributed by atoms with Gasteiger partial charge >= 0.3 is 0 Å². The quantitative estimate of drug-likeness (QED) is 0.788. The van der Waals surface area contributed by atoms with Crippen molar-refractivity contribution in [3.8, 4) is 5.75 Å². The van der Waals surface area contributed by atoms with Gasteiger partial charge in [0.15, 0.2) is 12.6 Å². The molecule has 1 heterocycles. The predicted molar refractivity (Wildman–Crippen MR) is 90.8 cm³/mol. The highest BCUT2D eigenvalue weighted by molar-refractivity contribution is 5.73. The molecule has 0 spiro atoms. The zero-order valence-corrected chi connectivity index (χ0v) is 14.2. The molecule has 0 radical (unpaired) electrons. The first kappa shape index (κ1) is 17.7. The van der Waals surface area contributed by atoms with Crippen LogP contribution in [0, 0.1) is 5.92 Å². The van der Waals surface area contributed by atoms with Gasteiger partial charge in [0.25, 0.3) is 0 Å². The zero-order chi connectivity index (χ0) is 17.0. The van der Waals surface area contributed by atoms with Gasteiger partial charge in [-0.05, 0) is 55.5 Å². The minimum atomic E-state index is -1.09. The van der Waals surface area contributed by atoms with Crippen molar-refractivity contribution in [1.29, 1.82) is 0 Å². The molecule has 2 N–H and O–H groups in total. The third kappa shape index (κ3) is 4.67. The van der Waals surface area contributed by atoms with E-state index in [0.717, 1.165) is 16.9 Å². The standard InChI is InChI=1S/C19H26O4/c1-12(2)9-10-22-15-7-5-14(6-8-15)17-16(11-13(3)4)18(20)23-19(17)21/h5-9,13,18-21H,10-11H2,1-4H3. The Morgan fingerprint density at radius 2 is 1.83 bits per heavy atom. The second-order valence-corrected chi connectivity index (χ2v) is 6.49. The molecule has 0 bridgehead atoms. The molecule has 126 valence electrons. The largest absolute Gasteiger partial charge is 0.490 e. The molecule has 2 atom stereocenters. The maximum atomic E-state index is 10.1. The van der Waals surface area contributed by atoms with Crippen molar-refractivity contribution in [1.82, 2.24) is 0 Å². The normalized spacial score (nSPS) is 21.0. The van der Waals surface area contributed by atoms with Gasteiger partial charge < -0.3 is 19.7 Å². The van der Waals surface area contributed by atoms with E-state index in [0.29, 0.717) is 24.5 Å². The van der Waals surface area contributed by atoms with E-state index >= 15 is 0 Å². The molecule has 0 aliphatic carbocycles. The van der Waals surface area contributed by atoms with Crippen molar-refractivity contribution in [3.63, 3.8) is 0 Å². The summed E-state index contributed by atoms with van der Waals surface area (Å²) < 4.78 is 10.8. The number of rotatable bonds is 6. The monoisotopic (exact) mass is 318 g/mol. The van der Waals surface area contributed by atoms with Crippen LogP contribution in [0.3, 0.4) is 0 Å². The van der Waals surface area contributed by atoms with E-state index in [-0.39, 0.29) is 0 Å². The van der Waals surface area contributed by atoms with Crippen molar-refractivity contribution >= 4 is 5.57 Å². The van der Waals surface area contributed by atoms with Gasteiger partial charge in [-0.15, -0.1) is 0 Å². The molecule has 1 aromatic carbocycles. The molecular formula is C19H26O4. The van der Waals surface area contributed by atoms with Gasteiger partial charge in [0.05, 0.1) is 0 Å². The van der Waals surface area contributed by atoms with Gasteiger partial charge in [-0.25, -0.2) is 0 Å². The van der Waals surface area contributed by atoms with E-state index < -0.39 is 12.6 Å². The van der Waals surface area contributed by atoms with Gasteiger partial charge in [0.2, 0.25) is 0 Å². The summed E-state index contributed by atoms with van der Waals surface area (Å²) in [5, 5.41) is 20.1. The Labute approximate surface area is 138 Å². The number of hydrogen-bond acceptors (Lipinski definition) is 4. The van der Waals surface area contributed by atoms with Crippen LogP contribution < -0.4 is 4.74 Å². The molecule has 4 nitrogen and oxygen atoms in total. The van der Waals surface area contributed by atoms with E-state index in [2.05, 4.69) is 13.8 Å². The first-order valence-corrected chi connectivity index (χ1v) is 7.99. The summed E-state index contributed by atoms with van der Waals surface area (Å²) in [7, 11) is 0. The van der Waals surface area contributed by atoms with Gasteiger partial charge in [-0.3, -0.25) is 0 Å². The highest BCUT2D eigenvalue weighted by Gasteiger charge is 2.32. The molecule has 23 heavy (non-hydrogen) atoms. The summed E-state index contributed by atoms with van der Waals surface area (Å²) in [5.41, 5.74) is 3.48. The lowest BCUT2D eigenvalue weighted by atomic mass is 9.94. The fraction of sp³-hybridized carbons (Fsp3) is 0.474. The van der Waals surface area contributed by atoms with Gasteiger partial charge in [-0.2, -0.15) is 0 Å². The van der Waals surface area contributed by atoms with E-state index in [1.165, 1.54) is 5.57 Å². The number of aliphatic hydroxyl groups is 2. The van der Waals surface area contributed by atoms with E-state index in [4.69, 9.17) is 9.47 Å². The van der Waals surface area contributed by atoms with Crippen LogP contribution in [0.5, 0.6) is 5.75 Å². The summed E-state index contributed by atoms with van der Waals surface area (Å²) in [6, 6.07) is 7.51. The minimum absolute atomic E-state index is 0.371. The Balaban J connectivity index is 2.19. The van der Waals surface area contributed by atoms with Crippen molar-refractivity contribution in [2.45, 2.75) is 46.7 Å². The Morgan fingerprint density at radius 3 is 2.39 bits per heavy atom. The molecule has 4 heteroatoms. The van der Waals surface area contributed by atoms with Crippen LogP contribution in [-0.2, 0) is 4.74 Å². The maximum absolute atomic E-state index is 10.1. The molecule has 2 unspecified atom stereocenters. The molecule has 2 rings (SSSR count).